The van der Waals surface area contributed by atoms with E-state index in [9.17, 15) is 4.79 Å². The fourth-order valence-electron chi connectivity index (χ4n) is 0.717. The van der Waals surface area contributed by atoms with Crippen LogP contribution >= 0.6 is 0 Å². The van der Waals surface area contributed by atoms with Gasteiger partial charge in [0, 0.05) is 6.07 Å². The molecule has 0 amide bonds. The van der Waals surface area contributed by atoms with E-state index in [-0.39, 0.29) is 0 Å². The fourth-order valence-corrected chi connectivity index (χ4v) is 0.717. The van der Waals surface area contributed by atoms with E-state index in [1.165, 1.54) is 6.20 Å². The number of carboxylic acids is 1. The molecular weight excluding hydrogens is 172 g/mol. The largest absolute Gasteiger partial charge is 0.480 e. The van der Waals surface area contributed by atoms with E-state index in [0.29, 0.717) is 12.3 Å². The average molecular weight is 184 g/mol. The topological polar surface area (TPSA) is 75.4 Å². The summed E-state index contributed by atoms with van der Waals surface area (Å²) in [7, 11) is 0. The fraction of sp³-hybridized carbons (Fsp3) is 0.500. The van der Waals surface area contributed by atoms with Crippen LogP contribution in [0.4, 0.5) is 0 Å². The third-order valence-electron chi connectivity index (χ3n) is 1.73. The SMILES string of the molecule is CC(C)(NCc1ccno1)C(=O)O. The number of carboxylic acid groups (broad SMARTS) is 1. The maximum Gasteiger partial charge on any atom is 0.323 e. The van der Waals surface area contributed by atoms with E-state index in [4.69, 9.17) is 9.63 Å². The summed E-state index contributed by atoms with van der Waals surface area (Å²) in [5.74, 6) is -0.277. The Morgan fingerprint density at radius 3 is 2.92 bits per heavy atom. The summed E-state index contributed by atoms with van der Waals surface area (Å²) in [6, 6.07) is 1.69. The van der Waals surface area contributed by atoms with Crippen LogP contribution in [-0.4, -0.2) is 21.8 Å². The van der Waals surface area contributed by atoms with Crippen LogP contribution in [0.3, 0.4) is 0 Å². The molecule has 0 unspecified atom stereocenters. The number of nitrogens with one attached hydrogen (secondary N) is 1. The van der Waals surface area contributed by atoms with Crippen molar-refractivity contribution in [3.05, 3.63) is 18.0 Å². The summed E-state index contributed by atoms with van der Waals surface area (Å²) in [5, 5.41) is 15.1. The van der Waals surface area contributed by atoms with Gasteiger partial charge in [0.05, 0.1) is 12.7 Å². The van der Waals surface area contributed by atoms with Gasteiger partial charge >= 0.3 is 5.97 Å². The maximum absolute atomic E-state index is 10.7. The van der Waals surface area contributed by atoms with Gasteiger partial charge in [-0.15, -0.1) is 0 Å². The summed E-state index contributed by atoms with van der Waals surface area (Å²) in [5.41, 5.74) is -0.952. The van der Waals surface area contributed by atoms with E-state index < -0.39 is 11.5 Å². The van der Waals surface area contributed by atoms with Crippen molar-refractivity contribution in [1.82, 2.24) is 10.5 Å². The van der Waals surface area contributed by atoms with Crippen molar-refractivity contribution in [3.63, 3.8) is 0 Å². The lowest BCUT2D eigenvalue weighted by atomic mass is 10.1. The molecule has 5 nitrogen and oxygen atoms in total. The molecule has 1 aromatic rings. The maximum atomic E-state index is 10.7. The highest BCUT2D eigenvalue weighted by molar-refractivity contribution is 5.77. The van der Waals surface area contributed by atoms with Crippen molar-refractivity contribution in [2.75, 3.05) is 0 Å². The first-order valence-corrected chi connectivity index (χ1v) is 3.90. The molecule has 0 aliphatic heterocycles. The molecule has 0 fully saturated rings. The van der Waals surface area contributed by atoms with Crippen molar-refractivity contribution >= 4 is 5.97 Å². The van der Waals surface area contributed by atoms with Gasteiger partial charge in [0.1, 0.15) is 11.3 Å². The zero-order valence-corrected chi connectivity index (χ0v) is 7.57. The number of aromatic nitrogens is 1. The van der Waals surface area contributed by atoms with E-state index in [0.717, 1.165) is 0 Å². The molecule has 0 saturated carbocycles. The Bertz CT molecular complexity index is 280. The van der Waals surface area contributed by atoms with Crippen LogP contribution in [0.2, 0.25) is 0 Å². The number of aliphatic carboxylic acids is 1. The van der Waals surface area contributed by atoms with E-state index in [2.05, 4.69) is 10.5 Å². The number of nitrogens with zero attached hydrogens (tertiary/aromatic N) is 1. The van der Waals surface area contributed by atoms with Gasteiger partial charge < -0.3 is 9.63 Å². The molecule has 1 heterocycles. The summed E-state index contributed by atoms with van der Waals surface area (Å²) in [6.07, 6.45) is 1.52. The first kappa shape index (κ1) is 9.73. The molecule has 2 N–H and O–H groups in total. The van der Waals surface area contributed by atoms with Gasteiger partial charge in [-0.2, -0.15) is 0 Å². The molecule has 13 heavy (non-hydrogen) atoms. The zero-order chi connectivity index (χ0) is 9.90. The summed E-state index contributed by atoms with van der Waals surface area (Å²) >= 11 is 0. The first-order valence-electron chi connectivity index (χ1n) is 3.90. The lowest BCUT2D eigenvalue weighted by Crippen LogP contribution is -2.46. The van der Waals surface area contributed by atoms with Gasteiger partial charge in [0.2, 0.25) is 0 Å². The molecule has 0 aromatic carbocycles. The summed E-state index contributed by atoms with van der Waals surface area (Å²) in [4.78, 5) is 10.7. The molecule has 0 saturated heterocycles. The Hall–Kier alpha value is -1.36. The number of hydrogen-bond acceptors (Lipinski definition) is 4. The van der Waals surface area contributed by atoms with E-state index in [1.807, 2.05) is 0 Å². The van der Waals surface area contributed by atoms with Crippen molar-refractivity contribution in [2.24, 2.45) is 0 Å². The molecule has 0 aliphatic carbocycles. The highest BCUT2D eigenvalue weighted by Gasteiger charge is 2.26. The van der Waals surface area contributed by atoms with Gasteiger partial charge in [0.15, 0.2) is 0 Å². The van der Waals surface area contributed by atoms with Crippen LogP contribution in [-0.2, 0) is 11.3 Å². The van der Waals surface area contributed by atoms with E-state index in [1.54, 1.807) is 19.9 Å². The Labute approximate surface area is 75.7 Å². The highest BCUT2D eigenvalue weighted by atomic mass is 16.5. The van der Waals surface area contributed by atoms with Crippen LogP contribution in [0.1, 0.15) is 19.6 Å². The highest BCUT2D eigenvalue weighted by Crippen LogP contribution is 2.04. The predicted molar refractivity (Wildman–Crippen MR) is 45.1 cm³/mol. The second-order valence-corrected chi connectivity index (χ2v) is 3.26. The molecule has 0 bridgehead atoms. The van der Waals surface area contributed by atoms with Gasteiger partial charge in [-0.3, -0.25) is 10.1 Å². The lowest BCUT2D eigenvalue weighted by molar-refractivity contribution is -0.143. The number of hydrogen-bond donors (Lipinski definition) is 2. The van der Waals surface area contributed by atoms with Crippen LogP contribution in [0, 0.1) is 0 Å². The molecule has 1 rings (SSSR count). The zero-order valence-electron chi connectivity index (χ0n) is 7.57. The van der Waals surface area contributed by atoms with Crippen LogP contribution in [0.15, 0.2) is 16.8 Å². The Balaban J connectivity index is 2.47. The molecule has 72 valence electrons. The third kappa shape index (κ3) is 2.55. The molecular formula is C8H12N2O3. The van der Waals surface area contributed by atoms with Crippen molar-refractivity contribution in [2.45, 2.75) is 25.9 Å². The van der Waals surface area contributed by atoms with Gasteiger partial charge in [-0.1, -0.05) is 5.16 Å². The average Bonchev–Trinajstić information content (AvgIpc) is 2.52. The monoisotopic (exact) mass is 184 g/mol. The normalized spacial score (nSPS) is 11.5. The quantitative estimate of drug-likeness (QED) is 0.717. The molecule has 0 atom stereocenters. The molecule has 5 heteroatoms. The summed E-state index contributed by atoms with van der Waals surface area (Å²) in [6.45, 7) is 3.54. The minimum Gasteiger partial charge on any atom is -0.480 e. The van der Waals surface area contributed by atoms with Gasteiger partial charge in [-0.05, 0) is 13.8 Å². The van der Waals surface area contributed by atoms with Crippen LogP contribution in [0.5, 0.6) is 0 Å². The minimum absolute atomic E-state index is 0.360. The van der Waals surface area contributed by atoms with Gasteiger partial charge in [0.25, 0.3) is 0 Å². The number of rotatable bonds is 4. The Kier molecular flexibility index (Phi) is 2.67. The third-order valence-corrected chi connectivity index (χ3v) is 1.73. The molecule has 0 radical (unpaired) electrons. The lowest BCUT2D eigenvalue weighted by Gasteiger charge is -2.19. The van der Waals surface area contributed by atoms with Gasteiger partial charge in [-0.25, -0.2) is 0 Å². The van der Waals surface area contributed by atoms with Crippen molar-refractivity contribution in [1.29, 1.82) is 0 Å². The second kappa shape index (κ2) is 3.57. The van der Waals surface area contributed by atoms with Crippen molar-refractivity contribution in [3.8, 4) is 0 Å². The molecule has 0 spiro atoms. The standard InChI is InChI=1S/C8H12N2O3/c1-8(2,7(11)12)9-5-6-3-4-10-13-6/h3-4,9H,5H2,1-2H3,(H,11,12). The van der Waals surface area contributed by atoms with E-state index >= 15 is 0 Å². The predicted octanol–water partition coefficient (Wildman–Crippen LogP) is 0.627. The van der Waals surface area contributed by atoms with Crippen LogP contribution < -0.4 is 5.32 Å². The Morgan fingerprint density at radius 1 is 1.77 bits per heavy atom. The number of carbonyl (C=O) groups is 1. The molecule has 1 aromatic heterocycles. The van der Waals surface area contributed by atoms with Crippen LogP contribution in [0.25, 0.3) is 0 Å². The van der Waals surface area contributed by atoms with Crippen molar-refractivity contribution < 1.29 is 14.4 Å². The Morgan fingerprint density at radius 2 is 2.46 bits per heavy atom. The first-order chi connectivity index (χ1) is 6.02. The molecule has 0 aliphatic rings. The summed E-state index contributed by atoms with van der Waals surface area (Å²) < 4.78 is 4.80. The smallest absolute Gasteiger partial charge is 0.323 e. The minimum atomic E-state index is -0.952. The second-order valence-electron chi connectivity index (χ2n) is 3.26.